The molecule has 0 saturated heterocycles. The number of hydrogen-bond donors (Lipinski definition) is 0. The molecule has 0 N–H and O–H groups in total. The molecular weight excluding hydrogens is 252 g/mol. The first-order valence-electron chi connectivity index (χ1n) is 6.55. The van der Waals surface area contributed by atoms with Gasteiger partial charge in [0.05, 0.1) is 18.4 Å². The molecule has 0 saturated carbocycles. The van der Waals surface area contributed by atoms with Gasteiger partial charge in [-0.3, -0.25) is 9.48 Å². The first-order valence-corrected chi connectivity index (χ1v) is 6.55. The van der Waals surface area contributed by atoms with E-state index in [1.165, 1.54) is 0 Å². The van der Waals surface area contributed by atoms with Crippen LogP contribution >= 0.6 is 0 Å². The maximum Gasteiger partial charge on any atom is 0.189 e. The number of hydrogen-bond acceptors (Lipinski definition) is 3. The minimum absolute atomic E-state index is 0.0375. The molecule has 2 rings (SSSR count). The van der Waals surface area contributed by atoms with Crippen LogP contribution in [0.4, 0.5) is 0 Å². The molecule has 1 heterocycles. The van der Waals surface area contributed by atoms with Gasteiger partial charge in [-0.1, -0.05) is 18.2 Å². The van der Waals surface area contributed by atoms with Crippen LogP contribution in [0.3, 0.4) is 0 Å². The quantitative estimate of drug-likeness (QED) is 0.619. The van der Waals surface area contributed by atoms with E-state index in [0.717, 1.165) is 17.0 Å². The van der Waals surface area contributed by atoms with Gasteiger partial charge in [-0.2, -0.15) is 5.10 Å². The number of ether oxygens (including phenoxy) is 1. The summed E-state index contributed by atoms with van der Waals surface area (Å²) in [5, 5.41) is 4.07. The van der Waals surface area contributed by atoms with Crippen LogP contribution in [0.1, 0.15) is 28.5 Å². The van der Waals surface area contributed by atoms with Crippen molar-refractivity contribution in [2.24, 2.45) is 7.05 Å². The first-order chi connectivity index (χ1) is 9.61. The second-order valence-electron chi connectivity index (χ2n) is 4.47. The van der Waals surface area contributed by atoms with Crippen LogP contribution in [0.15, 0.2) is 36.5 Å². The van der Waals surface area contributed by atoms with E-state index in [9.17, 15) is 4.79 Å². The largest absolute Gasteiger partial charge is 0.494 e. The Balaban J connectivity index is 2.09. The van der Waals surface area contributed by atoms with E-state index < -0.39 is 0 Å². The van der Waals surface area contributed by atoms with Crippen molar-refractivity contribution in [3.8, 4) is 5.75 Å². The summed E-state index contributed by atoms with van der Waals surface area (Å²) in [6.45, 7) is 4.47. The topological polar surface area (TPSA) is 44.1 Å². The first kappa shape index (κ1) is 14.1. The van der Waals surface area contributed by atoms with Gasteiger partial charge >= 0.3 is 0 Å². The van der Waals surface area contributed by atoms with Crippen molar-refractivity contribution >= 4 is 11.9 Å². The molecule has 0 radical (unpaired) electrons. The number of carbonyl (C=O) groups is 1. The lowest BCUT2D eigenvalue weighted by Gasteiger charge is -2.02. The highest BCUT2D eigenvalue weighted by molar-refractivity contribution is 6.07. The van der Waals surface area contributed by atoms with E-state index in [1.807, 2.05) is 45.2 Å². The zero-order valence-corrected chi connectivity index (χ0v) is 12.0. The maximum absolute atomic E-state index is 12.1. The maximum atomic E-state index is 12.1. The van der Waals surface area contributed by atoms with Gasteiger partial charge in [0.2, 0.25) is 0 Å². The molecular formula is C16H18N2O2. The van der Waals surface area contributed by atoms with Crippen LogP contribution in [0.5, 0.6) is 5.75 Å². The summed E-state index contributed by atoms with van der Waals surface area (Å²) in [6, 6.07) is 7.63. The number of aryl methyl sites for hydroxylation is 1. The van der Waals surface area contributed by atoms with Crippen molar-refractivity contribution in [2.45, 2.75) is 13.8 Å². The van der Waals surface area contributed by atoms with Gasteiger partial charge < -0.3 is 4.74 Å². The number of carbonyl (C=O) groups excluding carboxylic acids is 1. The molecule has 0 aliphatic heterocycles. The average Bonchev–Trinajstić information content (AvgIpc) is 2.78. The Labute approximate surface area is 118 Å². The molecule has 0 fully saturated rings. The number of ketones is 1. The van der Waals surface area contributed by atoms with Crippen LogP contribution in [-0.2, 0) is 7.05 Å². The van der Waals surface area contributed by atoms with Crippen molar-refractivity contribution in [1.82, 2.24) is 9.78 Å². The lowest BCUT2D eigenvalue weighted by Crippen LogP contribution is -1.98. The Morgan fingerprint density at radius 1 is 1.35 bits per heavy atom. The molecule has 0 aliphatic carbocycles. The average molecular weight is 270 g/mol. The van der Waals surface area contributed by atoms with Crippen LogP contribution < -0.4 is 4.74 Å². The molecule has 1 aromatic heterocycles. The fourth-order valence-corrected chi connectivity index (χ4v) is 1.84. The number of aromatic nitrogens is 2. The smallest absolute Gasteiger partial charge is 0.189 e. The van der Waals surface area contributed by atoms with Crippen molar-refractivity contribution in [3.05, 3.63) is 53.4 Å². The summed E-state index contributed by atoms with van der Waals surface area (Å²) in [4.78, 5) is 12.1. The van der Waals surface area contributed by atoms with E-state index in [2.05, 4.69) is 5.10 Å². The molecule has 0 spiro atoms. The zero-order valence-electron chi connectivity index (χ0n) is 12.0. The Morgan fingerprint density at radius 2 is 2.05 bits per heavy atom. The number of allylic oxidation sites excluding steroid dienone is 1. The third-order valence-corrected chi connectivity index (χ3v) is 3.12. The van der Waals surface area contributed by atoms with Crippen LogP contribution in [0.2, 0.25) is 0 Å². The number of nitrogens with zero attached hydrogens (tertiary/aromatic N) is 2. The fraction of sp³-hybridized carbons (Fsp3) is 0.250. The molecule has 4 nitrogen and oxygen atoms in total. The van der Waals surface area contributed by atoms with Crippen LogP contribution in [0, 0.1) is 6.92 Å². The van der Waals surface area contributed by atoms with Gasteiger partial charge in [0.1, 0.15) is 5.75 Å². The molecule has 0 unspecified atom stereocenters. The minimum atomic E-state index is -0.0375. The van der Waals surface area contributed by atoms with Crippen LogP contribution in [-0.4, -0.2) is 22.2 Å². The molecule has 0 aliphatic rings. The standard InChI is InChI=1S/C16H18N2O2/c1-4-20-14-8-5-13(6-9-14)7-10-16(19)15-11-17-18(3)12(15)2/h5-11H,4H2,1-3H3/b10-7-. The Bertz CT molecular complexity index is 624. The lowest BCUT2D eigenvalue weighted by atomic mass is 10.1. The van der Waals surface area contributed by atoms with Gasteiger partial charge in [-0.25, -0.2) is 0 Å². The predicted molar refractivity (Wildman–Crippen MR) is 78.9 cm³/mol. The van der Waals surface area contributed by atoms with Gasteiger partial charge in [0, 0.05) is 12.7 Å². The molecule has 20 heavy (non-hydrogen) atoms. The van der Waals surface area contributed by atoms with E-state index in [4.69, 9.17) is 4.74 Å². The minimum Gasteiger partial charge on any atom is -0.494 e. The highest BCUT2D eigenvalue weighted by Gasteiger charge is 2.09. The van der Waals surface area contributed by atoms with E-state index >= 15 is 0 Å². The SMILES string of the molecule is CCOc1ccc(/C=C\C(=O)c2cnn(C)c2C)cc1. The molecule has 1 aromatic carbocycles. The second-order valence-corrected chi connectivity index (χ2v) is 4.47. The molecule has 0 atom stereocenters. The summed E-state index contributed by atoms with van der Waals surface area (Å²) in [6.07, 6.45) is 4.96. The predicted octanol–water partition coefficient (Wildman–Crippen LogP) is 3.02. The van der Waals surface area contributed by atoms with Crippen molar-refractivity contribution in [2.75, 3.05) is 6.61 Å². The highest BCUT2D eigenvalue weighted by atomic mass is 16.5. The Morgan fingerprint density at radius 3 is 2.60 bits per heavy atom. The second kappa shape index (κ2) is 6.19. The zero-order chi connectivity index (χ0) is 14.5. The molecule has 2 aromatic rings. The van der Waals surface area contributed by atoms with Gasteiger partial charge in [-0.15, -0.1) is 0 Å². The van der Waals surface area contributed by atoms with Crippen molar-refractivity contribution in [3.63, 3.8) is 0 Å². The van der Waals surface area contributed by atoms with Crippen molar-refractivity contribution < 1.29 is 9.53 Å². The highest BCUT2D eigenvalue weighted by Crippen LogP contribution is 2.14. The van der Waals surface area contributed by atoms with Gasteiger partial charge in [0.15, 0.2) is 5.78 Å². The van der Waals surface area contributed by atoms with Gasteiger partial charge in [0.25, 0.3) is 0 Å². The fourth-order valence-electron chi connectivity index (χ4n) is 1.84. The lowest BCUT2D eigenvalue weighted by molar-refractivity contribution is 0.104. The number of rotatable bonds is 5. The monoisotopic (exact) mass is 270 g/mol. The third-order valence-electron chi connectivity index (χ3n) is 3.12. The van der Waals surface area contributed by atoms with Crippen LogP contribution in [0.25, 0.3) is 6.08 Å². The van der Waals surface area contributed by atoms with E-state index in [1.54, 1.807) is 23.0 Å². The molecule has 4 heteroatoms. The molecule has 0 bridgehead atoms. The molecule has 104 valence electrons. The third kappa shape index (κ3) is 3.15. The summed E-state index contributed by atoms with van der Waals surface area (Å²) >= 11 is 0. The Hall–Kier alpha value is -2.36. The molecule has 0 amide bonds. The van der Waals surface area contributed by atoms with Crippen molar-refractivity contribution in [1.29, 1.82) is 0 Å². The Kier molecular flexibility index (Phi) is 4.35. The van der Waals surface area contributed by atoms with Gasteiger partial charge in [-0.05, 0) is 37.6 Å². The normalized spacial score (nSPS) is 10.9. The summed E-state index contributed by atoms with van der Waals surface area (Å²) in [5.41, 5.74) is 2.46. The van der Waals surface area contributed by atoms with E-state index in [-0.39, 0.29) is 5.78 Å². The van der Waals surface area contributed by atoms with E-state index in [0.29, 0.717) is 12.2 Å². The summed E-state index contributed by atoms with van der Waals surface area (Å²) in [7, 11) is 1.82. The number of benzene rings is 1. The summed E-state index contributed by atoms with van der Waals surface area (Å²) < 4.78 is 7.06. The summed E-state index contributed by atoms with van der Waals surface area (Å²) in [5.74, 6) is 0.795.